The van der Waals surface area contributed by atoms with Crippen LogP contribution in [0.1, 0.15) is 16.8 Å². The van der Waals surface area contributed by atoms with Gasteiger partial charge in [0.15, 0.2) is 0 Å². The van der Waals surface area contributed by atoms with Gasteiger partial charge in [-0.25, -0.2) is 9.97 Å². The van der Waals surface area contributed by atoms with Crippen LogP contribution in [0.5, 0.6) is 11.6 Å². The van der Waals surface area contributed by atoms with Gasteiger partial charge >= 0.3 is 0 Å². The van der Waals surface area contributed by atoms with Crippen LogP contribution >= 0.6 is 0 Å². The Hall–Kier alpha value is -2.43. The van der Waals surface area contributed by atoms with Crippen molar-refractivity contribution in [1.29, 1.82) is 5.41 Å². The second-order valence-electron chi connectivity index (χ2n) is 3.95. The Balaban J connectivity index is 2.24. The van der Waals surface area contributed by atoms with Gasteiger partial charge in [-0.2, -0.15) is 0 Å². The van der Waals surface area contributed by atoms with Crippen molar-refractivity contribution in [3.8, 4) is 11.6 Å². The summed E-state index contributed by atoms with van der Waals surface area (Å²) in [5, 5.41) is 7.22. The molecule has 5 heteroatoms. The van der Waals surface area contributed by atoms with Gasteiger partial charge in [0.1, 0.15) is 17.3 Å². The first kappa shape index (κ1) is 12.0. The summed E-state index contributed by atoms with van der Waals surface area (Å²) in [6.07, 6.45) is 2.88. The Morgan fingerprint density at radius 2 is 2.00 bits per heavy atom. The summed E-state index contributed by atoms with van der Waals surface area (Å²) in [5.74, 6) is 1.02. The van der Waals surface area contributed by atoms with E-state index in [1.807, 2.05) is 32.0 Å². The second kappa shape index (κ2) is 4.83. The SMILES string of the molecule is Cc1cccc(Oc2cnc(C(=N)N)cn2)c1C. The molecule has 1 aromatic carbocycles. The summed E-state index contributed by atoms with van der Waals surface area (Å²) >= 11 is 0. The first-order valence-corrected chi connectivity index (χ1v) is 5.48. The number of aromatic nitrogens is 2. The second-order valence-corrected chi connectivity index (χ2v) is 3.95. The van der Waals surface area contributed by atoms with Crippen molar-refractivity contribution in [2.24, 2.45) is 5.73 Å². The highest BCUT2D eigenvalue weighted by atomic mass is 16.5. The van der Waals surface area contributed by atoms with E-state index in [4.69, 9.17) is 15.9 Å². The summed E-state index contributed by atoms with van der Waals surface area (Å²) in [7, 11) is 0. The largest absolute Gasteiger partial charge is 0.437 e. The molecule has 0 aliphatic heterocycles. The molecule has 18 heavy (non-hydrogen) atoms. The molecule has 92 valence electrons. The molecule has 0 saturated heterocycles. The van der Waals surface area contributed by atoms with Crippen LogP contribution in [0, 0.1) is 19.3 Å². The fourth-order valence-corrected chi connectivity index (χ4v) is 1.46. The van der Waals surface area contributed by atoms with Crippen molar-refractivity contribution in [2.75, 3.05) is 0 Å². The lowest BCUT2D eigenvalue weighted by Gasteiger charge is -2.09. The first-order chi connectivity index (χ1) is 8.58. The van der Waals surface area contributed by atoms with Crippen LogP contribution in [0.3, 0.4) is 0 Å². The molecular weight excluding hydrogens is 228 g/mol. The highest BCUT2D eigenvalue weighted by molar-refractivity contribution is 5.92. The minimum atomic E-state index is -0.110. The molecule has 0 fully saturated rings. The zero-order chi connectivity index (χ0) is 13.1. The zero-order valence-electron chi connectivity index (χ0n) is 10.3. The molecule has 0 atom stereocenters. The van der Waals surface area contributed by atoms with Crippen LogP contribution in [0.2, 0.25) is 0 Å². The van der Waals surface area contributed by atoms with E-state index in [-0.39, 0.29) is 5.84 Å². The lowest BCUT2D eigenvalue weighted by molar-refractivity contribution is 0.456. The summed E-state index contributed by atoms with van der Waals surface area (Å²) in [5.41, 5.74) is 7.86. The molecule has 0 unspecified atom stereocenters. The summed E-state index contributed by atoms with van der Waals surface area (Å²) in [6, 6.07) is 5.82. The number of nitrogens with zero attached hydrogens (tertiary/aromatic N) is 2. The standard InChI is InChI=1S/C13H14N4O/c1-8-4-3-5-11(9(8)2)18-12-7-16-10(6-17-12)13(14)15/h3-7H,1-2H3,(H3,14,15). The van der Waals surface area contributed by atoms with E-state index >= 15 is 0 Å². The summed E-state index contributed by atoms with van der Waals surface area (Å²) in [6.45, 7) is 4.01. The van der Waals surface area contributed by atoms with Gasteiger partial charge in [0.05, 0.1) is 12.4 Å². The van der Waals surface area contributed by atoms with Gasteiger partial charge in [0, 0.05) is 0 Å². The van der Waals surface area contributed by atoms with Crippen molar-refractivity contribution in [3.05, 3.63) is 47.4 Å². The molecule has 0 amide bonds. The first-order valence-electron chi connectivity index (χ1n) is 5.48. The van der Waals surface area contributed by atoms with Crippen LogP contribution in [0.15, 0.2) is 30.6 Å². The molecule has 0 bridgehead atoms. The lowest BCUT2D eigenvalue weighted by atomic mass is 10.1. The number of nitrogens with two attached hydrogens (primary N) is 1. The highest BCUT2D eigenvalue weighted by Crippen LogP contribution is 2.24. The van der Waals surface area contributed by atoms with Crippen molar-refractivity contribution in [2.45, 2.75) is 13.8 Å². The molecular formula is C13H14N4O. The lowest BCUT2D eigenvalue weighted by Crippen LogP contribution is -2.13. The van der Waals surface area contributed by atoms with Crippen molar-refractivity contribution >= 4 is 5.84 Å². The fraction of sp³-hybridized carbons (Fsp3) is 0.154. The molecule has 2 aromatic rings. The van der Waals surface area contributed by atoms with Gasteiger partial charge in [0.25, 0.3) is 0 Å². The molecule has 1 aromatic heterocycles. The van der Waals surface area contributed by atoms with Crippen LogP contribution in [0.25, 0.3) is 0 Å². The van der Waals surface area contributed by atoms with Crippen molar-refractivity contribution in [3.63, 3.8) is 0 Å². The molecule has 5 nitrogen and oxygen atoms in total. The Morgan fingerprint density at radius 3 is 2.61 bits per heavy atom. The monoisotopic (exact) mass is 242 g/mol. The number of nitrogens with one attached hydrogen (secondary N) is 1. The number of benzene rings is 1. The van der Waals surface area contributed by atoms with Gasteiger partial charge in [-0.3, -0.25) is 5.41 Å². The number of ether oxygens (including phenoxy) is 1. The molecule has 3 N–H and O–H groups in total. The molecule has 1 heterocycles. The van der Waals surface area contributed by atoms with E-state index in [0.717, 1.165) is 16.9 Å². The van der Waals surface area contributed by atoms with E-state index in [9.17, 15) is 0 Å². The third kappa shape index (κ3) is 2.45. The molecule has 0 spiro atoms. The van der Waals surface area contributed by atoms with Crippen LogP contribution in [0.4, 0.5) is 0 Å². The summed E-state index contributed by atoms with van der Waals surface area (Å²) in [4.78, 5) is 8.05. The maximum Gasteiger partial charge on any atom is 0.237 e. The van der Waals surface area contributed by atoms with Gasteiger partial charge in [-0.15, -0.1) is 0 Å². The van der Waals surface area contributed by atoms with E-state index in [1.54, 1.807) is 0 Å². The minimum absolute atomic E-state index is 0.110. The van der Waals surface area contributed by atoms with Crippen LogP contribution in [-0.2, 0) is 0 Å². The Kier molecular flexibility index (Phi) is 3.23. The minimum Gasteiger partial charge on any atom is -0.437 e. The number of rotatable bonds is 3. The van der Waals surface area contributed by atoms with Crippen LogP contribution in [-0.4, -0.2) is 15.8 Å². The average Bonchev–Trinajstić information content (AvgIpc) is 2.36. The van der Waals surface area contributed by atoms with Gasteiger partial charge in [-0.1, -0.05) is 12.1 Å². The molecule has 0 saturated carbocycles. The third-order valence-electron chi connectivity index (χ3n) is 2.67. The number of amidine groups is 1. The normalized spacial score (nSPS) is 10.1. The average molecular weight is 242 g/mol. The number of hydrogen-bond donors (Lipinski definition) is 2. The maximum absolute atomic E-state index is 7.22. The number of aryl methyl sites for hydroxylation is 1. The van der Waals surface area contributed by atoms with E-state index in [2.05, 4.69) is 9.97 Å². The van der Waals surface area contributed by atoms with E-state index in [1.165, 1.54) is 12.4 Å². The summed E-state index contributed by atoms with van der Waals surface area (Å²) < 4.78 is 5.64. The zero-order valence-corrected chi connectivity index (χ0v) is 10.3. The number of nitrogen functional groups attached to an aromatic ring is 1. The molecule has 0 radical (unpaired) electrons. The highest BCUT2D eigenvalue weighted by Gasteiger charge is 2.05. The molecule has 0 aliphatic carbocycles. The molecule has 2 rings (SSSR count). The van der Waals surface area contributed by atoms with E-state index in [0.29, 0.717) is 11.6 Å². The molecule has 0 aliphatic rings. The van der Waals surface area contributed by atoms with Gasteiger partial charge < -0.3 is 10.5 Å². The van der Waals surface area contributed by atoms with Gasteiger partial charge in [0.2, 0.25) is 5.88 Å². The van der Waals surface area contributed by atoms with Gasteiger partial charge in [-0.05, 0) is 31.0 Å². The Morgan fingerprint density at radius 1 is 1.22 bits per heavy atom. The topological polar surface area (TPSA) is 84.9 Å². The number of hydrogen-bond acceptors (Lipinski definition) is 4. The quantitative estimate of drug-likeness (QED) is 0.638. The fourth-order valence-electron chi connectivity index (χ4n) is 1.46. The predicted octanol–water partition coefficient (Wildman–Crippen LogP) is 2.17. The van der Waals surface area contributed by atoms with Crippen molar-refractivity contribution in [1.82, 2.24) is 9.97 Å². The van der Waals surface area contributed by atoms with Crippen LogP contribution < -0.4 is 10.5 Å². The Labute approximate surface area is 105 Å². The smallest absolute Gasteiger partial charge is 0.237 e. The van der Waals surface area contributed by atoms with E-state index < -0.39 is 0 Å². The Bertz CT molecular complexity index is 578. The maximum atomic E-state index is 7.22. The third-order valence-corrected chi connectivity index (χ3v) is 2.67. The predicted molar refractivity (Wildman–Crippen MR) is 69.0 cm³/mol. The van der Waals surface area contributed by atoms with Crippen molar-refractivity contribution < 1.29 is 4.74 Å².